The van der Waals surface area contributed by atoms with Crippen molar-refractivity contribution in [2.24, 2.45) is 5.92 Å². The van der Waals surface area contributed by atoms with Crippen molar-refractivity contribution in [1.82, 2.24) is 19.7 Å². The normalized spacial score (nSPS) is 18.3. The van der Waals surface area contributed by atoms with Gasteiger partial charge in [-0.25, -0.2) is 4.68 Å². The first-order chi connectivity index (χ1) is 16.8. The third-order valence-electron chi connectivity index (χ3n) is 7.68. The Balaban J connectivity index is 1.56. The van der Waals surface area contributed by atoms with Gasteiger partial charge in [-0.3, -0.25) is 9.59 Å². The highest BCUT2D eigenvalue weighted by Gasteiger charge is 2.24. The summed E-state index contributed by atoms with van der Waals surface area (Å²) in [6, 6.07) is 12.6. The van der Waals surface area contributed by atoms with E-state index in [9.17, 15) is 9.59 Å². The number of amides is 1. The Morgan fingerprint density at radius 2 is 1.77 bits per heavy atom. The molecular weight excluding hydrogens is 436 g/mol. The van der Waals surface area contributed by atoms with Crippen LogP contribution < -0.4 is 10.9 Å². The highest BCUT2D eigenvalue weighted by molar-refractivity contribution is 6.07. The van der Waals surface area contributed by atoms with Gasteiger partial charge in [-0.2, -0.15) is 5.10 Å². The Morgan fingerprint density at radius 3 is 2.51 bits per heavy atom. The first kappa shape index (κ1) is 23.3. The molecule has 2 atom stereocenters. The lowest BCUT2D eigenvalue weighted by molar-refractivity contribution is -0.123. The van der Waals surface area contributed by atoms with Gasteiger partial charge >= 0.3 is 0 Å². The minimum atomic E-state index is -0.229. The van der Waals surface area contributed by atoms with E-state index in [2.05, 4.69) is 60.9 Å². The summed E-state index contributed by atoms with van der Waals surface area (Å²) in [5.74, 6) is 0.314. The van der Waals surface area contributed by atoms with E-state index < -0.39 is 0 Å². The molecule has 0 radical (unpaired) electrons. The van der Waals surface area contributed by atoms with Crippen molar-refractivity contribution in [3.05, 3.63) is 75.2 Å². The third kappa shape index (κ3) is 4.38. The zero-order valence-corrected chi connectivity index (χ0v) is 21.1. The topological polar surface area (TPSA) is 68.9 Å². The maximum atomic E-state index is 13.7. The summed E-state index contributed by atoms with van der Waals surface area (Å²) >= 11 is 0. The monoisotopic (exact) mass is 470 g/mol. The van der Waals surface area contributed by atoms with Crippen molar-refractivity contribution in [3.63, 3.8) is 0 Å². The maximum Gasteiger partial charge on any atom is 0.291 e. The fraction of sp³-hybridized carbons (Fsp3) is 0.414. The smallest absolute Gasteiger partial charge is 0.291 e. The predicted molar refractivity (Wildman–Crippen MR) is 141 cm³/mol. The van der Waals surface area contributed by atoms with Crippen molar-refractivity contribution in [2.75, 3.05) is 0 Å². The van der Waals surface area contributed by atoms with Crippen LogP contribution in [-0.4, -0.2) is 26.3 Å². The lowest BCUT2D eigenvalue weighted by Crippen LogP contribution is -2.43. The van der Waals surface area contributed by atoms with E-state index in [1.165, 1.54) is 33.4 Å². The van der Waals surface area contributed by atoms with Gasteiger partial charge in [-0.15, -0.1) is 0 Å². The second-order valence-electron chi connectivity index (χ2n) is 10.3. The summed E-state index contributed by atoms with van der Waals surface area (Å²) in [6.07, 6.45) is 6.22. The van der Waals surface area contributed by atoms with Gasteiger partial charge in [-0.1, -0.05) is 55.7 Å². The Labute approximate surface area is 206 Å². The number of benzene rings is 2. The van der Waals surface area contributed by atoms with Gasteiger partial charge in [0.05, 0.1) is 6.20 Å². The Hall–Kier alpha value is -3.41. The molecule has 2 aromatic carbocycles. The molecule has 6 heteroatoms. The first-order valence-electron chi connectivity index (χ1n) is 12.7. The number of rotatable bonds is 5. The lowest BCUT2D eigenvalue weighted by Gasteiger charge is -2.29. The van der Waals surface area contributed by atoms with Crippen LogP contribution >= 0.6 is 0 Å². The molecule has 6 nitrogen and oxygen atoms in total. The van der Waals surface area contributed by atoms with Crippen LogP contribution in [-0.2, 0) is 17.9 Å². The molecule has 35 heavy (non-hydrogen) atoms. The summed E-state index contributed by atoms with van der Waals surface area (Å²) in [5, 5.41) is 9.38. The summed E-state index contributed by atoms with van der Waals surface area (Å²) in [6.45, 7) is 9.07. The van der Waals surface area contributed by atoms with Crippen LogP contribution in [0.3, 0.4) is 0 Å². The second kappa shape index (κ2) is 9.33. The quantitative estimate of drug-likeness (QED) is 0.445. The Morgan fingerprint density at radius 1 is 1.06 bits per heavy atom. The van der Waals surface area contributed by atoms with E-state index >= 15 is 0 Å². The number of aromatic nitrogens is 3. The largest absolute Gasteiger partial charge is 0.351 e. The number of aryl methyl sites for hydroxylation is 3. The minimum absolute atomic E-state index is 0.0674. The number of fused-ring (bicyclic) bond motifs is 3. The van der Waals surface area contributed by atoms with Crippen LogP contribution in [0.2, 0.25) is 0 Å². The fourth-order valence-corrected chi connectivity index (χ4v) is 5.81. The highest BCUT2D eigenvalue weighted by Crippen LogP contribution is 2.29. The molecule has 0 saturated heterocycles. The molecule has 1 saturated carbocycles. The second-order valence-corrected chi connectivity index (χ2v) is 10.3. The number of carbonyl (C=O) groups is 1. The SMILES string of the molecule is Cc1cc(C)c(Cn2c3ccccc3c3cnn(CC(=O)N[C@@H]4CCCC[C@@H]4C)c(=O)c32)c(C)c1. The van der Waals surface area contributed by atoms with E-state index in [0.29, 0.717) is 18.0 Å². The van der Waals surface area contributed by atoms with Crippen LogP contribution in [0, 0.1) is 26.7 Å². The number of nitrogens with one attached hydrogen (secondary N) is 1. The molecule has 0 unspecified atom stereocenters. The first-order valence-corrected chi connectivity index (χ1v) is 12.7. The van der Waals surface area contributed by atoms with Crippen molar-refractivity contribution >= 4 is 27.7 Å². The van der Waals surface area contributed by atoms with Gasteiger partial charge in [0.2, 0.25) is 5.91 Å². The molecule has 1 fully saturated rings. The number of hydrogen-bond acceptors (Lipinski definition) is 3. The zero-order valence-electron chi connectivity index (χ0n) is 21.1. The Bertz CT molecular complexity index is 1460. The predicted octanol–water partition coefficient (Wildman–Crippen LogP) is 5.02. The van der Waals surface area contributed by atoms with E-state index in [1.807, 2.05) is 18.2 Å². The van der Waals surface area contributed by atoms with Crippen LogP contribution in [0.1, 0.15) is 54.9 Å². The zero-order chi connectivity index (χ0) is 24.7. The summed E-state index contributed by atoms with van der Waals surface area (Å²) < 4.78 is 3.41. The van der Waals surface area contributed by atoms with Crippen LogP contribution in [0.15, 0.2) is 47.4 Å². The molecule has 0 aliphatic heterocycles. The molecule has 5 rings (SSSR count). The van der Waals surface area contributed by atoms with Crippen LogP contribution in [0.25, 0.3) is 21.8 Å². The van der Waals surface area contributed by atoms with E-state index in [0.717, 1.165) is 35.6 Å². The molecule has 1 N–H and O–H groups in total. The minimum Gasteiger partial charge on any atom is -0.351 e. The number of hydrogen-bond donors (Lipinski definition) is 1. The van der Waals surface area contributed by atoms with Crippen molar-refractivity contribution in [1.29, 1.82) is 0 Å². The van der Waals surface area contributed by atoms with E-state index in [4.69, 9.17) is 0 Å². The molecule has 0 bridgehead atoms. The van der Waals surface area contributed by atoms with Crippen molar-refractivity contribution < 1.29 is 4.79 Å². The van der Waals surface area contributed by atoms with Gasteiger partial charge in [0.25, 0.3) is 5.56 Å². The third-order valence-corrected chi connectivity index (χ3v) is 7.68. The number of carbonyl (C=O) groups excluding carboxylic acids is 1. The van der Waals surface area contributed by atoms with Gasteiger partial charge in [-0.05, 0) is 62.3 Å². The summed E-state index contributed by atoms with van der Waals surface area (Å²) in [5.41, 5.74) is 6.24. The molecule has 1 aliphatic carbocycles. The van der Waals surface area contributed by atoms with Gasteiger partial charge in [0.1, 0.15) is 12.1 Å². The molecule has 1 aliphatic rings. The van der Waals surface area contributed by atoms with Gasteiger partial charge in [0.15, 0.2) is 0 Å². The molecule has 2 heterocycles. The standard InChI is InChI=1S/C29H34N4O2/c1-18-13-20(3)24(21(4)14-18)16-32-26-12-8-6-10-22(26)23-15-30-33(29(35)28(23)32)17-27(34)31-25-11-7-5-9-19(25)2/h6,8,10,12-15,19,25H,5,7,9,11,16-17H2,1-4H3,(H,31,34)/t19-,25+/m0/s1. The average molecular weight is 471 g/mol. The lowest BCUT2D eigenvalue weighted by atomic mass is 9.86. The van der Waals surface area contributed by atoms with Gasteiger partial charge in [0, 0.05) is 28.9 Å². The van der Waals surface area contributed by atoms with Gasteiger partial charge < -0.3 is 9.88 Å². The molecule has 182 valence electrons. The van der Waals surface area contributed by atoms with Crippen LogP contribution in [0.5, 0.6) is 0 Å². The fourth-order valence-electron chi connectivity index (χ4n) is 5.81. The molecule has 4 aromatic rings. The highest BCUT2D eigenvalue weighted by atomic mass is 16.2. The average Bonchev–Trinajstić information content (AvgIpc) is 3.14. The van der Waals surface area contributed by atoms with E-state index in [1.54, 1.807) is 6.20 Å². The number of para-hydroxylation sites is 1. The number of nitrogens with zero attached hydrogens (tertiary/aromatic N) is 3. The summed E-state index contributed by atoms with van der Waals surface area (Å²) in [7, 11) is 0. The van der Waals surface area contributed by atoms with E-state index in [-0.39, 0.29) is 24.1 Å². The van der Waals surface area contributed by atoms with Crippen molar-refractivity contribution in [3.8, 4) is 0 Å². The Kier molecular flexibility index (Phi) is 6.22. The van der Waals surface area contributed by atoms with Crippen LogP contribution in [0.4, 0.5) is 0 Å². The molecule has 2 aromatic heterocycles. The molecule has 0 spiro atoms. The molecular formula is C29H34N4O2. The van der Waals surface area contributed by atoms with Crippen molar-refractivity contribution in [2.45, 2.75) is 72.5 Å². The maximum absolute atomic E-state index is 13.7. The summed E-state index contributed by atoms with van der Waals surface area (Å²) in [4.78, 5) is 26.6. The molecule has 1 amide bonds.